The molecule has 2 fully saturated rings. The number of hydrogen-bond acceptors (Lipinski definition) is 2. The van der Waals surface area contributed by atoms with Crippen LogP contribution in [0.4, 0.5) is 0 Å². The van der Waals surface area contributed by atoms with E-state index in [9.17, 15) is 4.79 Å². The Kier molecular flexibility index (Phi) is 5.02. The predicted molar refractivity (Wildman–Crippen MR) is 102 cm³/mol. The van der Waals surface area contributed by atoms with E-state index in [1.807, 2.05) is 0 Å². The van der Waals surface area contributed by atoms with Gasteiger partial charge in [0, 0.05) is 25.0 Å². The maximum atomic E-state index is 13.3. The van der Waals surface area contributed by atoms with Gasteiger partial charge in [0.05, 0.1) is 0 Å². The van der Waals surface area contributed by atoms with E-state index in [-0.39, 0.29) is 5.92 Å². The summed E-state index contributed by atoms with van der Waals surface area (Å²) in [5.41, 5.74) is 1.25. The molecule has 1 heterocycles. The molecule has 3 heteroatoms. The van der Waals surface area contributed by atoms with Crippen LogP contribution in [0, 0.1) is 5.92 Å². The lowest BCUT2D eigenvalue weighted by Gasteiger charge is -2.33. The molecule has 2 aromatic rings. The Bertz CT molecular complexity index is 730. The average Bonchev–Trinajstić information content (AvgIpc) is 3.20. The highest BCUT2D eigenvalue weighted by Crippen LogP contribution is 2.28. The number of fused-ring (bicyclic) bond motifs is 1. The number of amides is 1. The largest absolute Gasteiger partial charge is 0.334 e. The first-order valence-corrected chi connectivity index (χ1v) is 9.80. The van der Waals surface area contributed by atoms with Crippen molar-refractivity contribution in [2.45, 2.75) is 51.1 Å². The van der Waals surface area contributed by atoms with Crippen molar-refractivity contribution in [2.24, 2.45) is 5.92 Å². The van der Waals surface area contributed by atoms with Crippen molar-refractivity contribution in [1.82, 2.24) is 10.2 Å². The van der Waals surface area contributed by atoms with Crippen LogP contribution in [0.2, 0.25) is 0 Å². The highest BCUT2D eigenvalue weighted by atomic mass is 16.2. The molecule has 1 atom stereocenters. The van der Waals surface area contributed by atoms with Crippen molar-refractivity contribution in [3.05, 3.63) is 48.0 Å². The molecular formula is C22H28N2O. The second kappa shape index (κ2) is 7.57. The third-order valence-electron chi connectivity index (χ3n) is 5.88. The summed E-state index contributed by atoms with van der Waals surface area (Å²) in [5, 5.41) is 5.95. The molecule has 2 aromatic carbocycles. The van der Waals surface area contributed by atoms with Gasteiger partial charge in [0.15, 0.2) is 0 Å². The lowest BCUT2D eigenvalue weighted by atomic mass is 9.87. The minimum atomic E-state index is 0.245. The fourth-order valence-corrected chi connectivity index (χ4v) is 4.41. The molecule has 1 amide bonds. The molecule has 2 aliphatic rings. The van der Waals surface area contributed by atoms with Crippen molar-refractivity contribution in [3.63, 3.8) is 0 Å². The maximum absolute atomic E-state index is 13.3. The van der Waals surface area contributed by atoms with Crippen LogP contribution >= 0.6 is 0 Å². The third-order valence-corrected chi connectivity index (χ3v) is 5.88. The molecule has 0 aromatic heterocycles. The van der Waals surface area contributed by atoms with E-state index >= 15 is 0 Å². The topological polar surface area (TPSA) is 32.3 Å². The van der Waals surface area contributed by atoms with Crippen LogP contribution in [0.1, 0.15) is 44.1 Å². The molecule has 132 valence electrons. The van der Waals surface area contributed by atoms with E-state index in [0.717, 1.165) is 38.9 Å². The van der Waals surface area contributed by atoms with Gasteiger partial charge in [-0.3, -0.25) is 4.79 Å². The summed E-state index contributed by atoms with van der Waals surface area (Å²) >= 11 is 0. The Balaban J connectivity index is 1.57. The van der Waals surface area contributed by atoms with Gasteiger partial charge < -0.3 is 10.2 Å². The Morgan fingerprint density at radius 2 is 1.80 bits per heavy atom. The maximum Gasteiger partial charge on any atom is 0.226 e. The SMILES string of the molecule is O=C(C1CCCCC1)N(Cc1ccc2ccccc2c1)[C@H]1CCNC1. The van der Waals surface area contributed by atoms with Crippen LogP contribution in [-0.4, -0.2) is 29.9 Å². The molecule has 0 bridgehead atoms. The minimum Gasteiger partial charge on any atom is -0.334 e. The lowest BCUT2D eigenvalue weighted by molar-refractivity contribution is -0.139. The number of nitrogens with one attached hydrogen (secondary N) is 1. The molecule has 1 aliphatic carbocycles. The average molecular weight is 336 g/mol. The molecule has 0 spiro atoms. The van der Waals surface area contributed by atoms with Crippen molar-refractivity contribution < 1.29 is 4.79 Å². The first-order chi connectivity index (χ1) is 12.3. The number of nitrogens with zero attached hydrogens (tertiary/aromatic N) is 1. The molecule has 1 aliphatic heterocycles. The number of rotatable bonds is 4. The first-order valence-electron chi connectivity index (χ1n) is 9.80. The quantitative estimate of drug-likeness (QED) is 0.911. The zero-order valence-corrected chi connectivity index (χ0v) is 14.9. The van der Waals surface area contributed by atoms with Crippen LogP contribution in [0.25, 0.3) is 10.8 Å². The van der Waals surface area contributed by atoms with Gasteiger partial charge in [-0.2, -0.15) is 0 Å². The van der Waals surface area contributed by atoms with Gasteiger partial charge >= 0.3 is 0 Å². The van der Waals surface area contributed by atoms with Crippen LogP contribution in [0.15, 0.2) is 42.5 Å². The summed E-state index contributed by atoms with van der Waals surface area (Å²) in [6.07, 6.45) is 6.94. The smallest absolute Gasteiger partial charge is 0.226 e. The van der Waals surface area contributed by atoms with Crippen LogP contribution in [0.5, 0.6) is 0 Å². The molecule has 25 heavy (non-hydrogen) atoms. The molecule has 1 saturated heterocycles. The van der Waals surface area contributed by atoms with Gasteiger partial charge in [-0.25, -0.2) is 0 Å². The second-order valence-electron chi connectivity index (χ2n) is 7.63. The standard InChI is InChI=1S/C22H28N2O/c25-22(19-7-2-1-3-8-19)24(21-12-13-23-15-21)16-17-10-11-18-6-4-5-9-20(18)14-17/h4-6,9-11,14,19,21,23H,1-3,7-8,12-13,15-16H2/t21-/m0/s1. The lowest BCUT2D eigenvalue weighted by Crippen LogP contribution is -2.44. The summed E-state index contributed by atoms with van der Waals surface area (Å²) in [6.45, 7) is 2.70. The Morgan fingerprint density at radius 3 is 2.56 bits per heavy atom. The number of carbonyl (C=O) groups is 1. The van der Waals surface area contributed by atoms with E-state index < -0.39 is 0 Å². The highest BCUT2D eigenvalue weighted by molar-refractivity contribution is 5.83. The molecule has 4 rings (SSSR count). The summed E-state index contributed by atoms with van der Waals surface area (Å²) in [7, 11) is 0. The van der Waals surface area contributed by atoms with Gasteiger partial charge in [0.2, 0.25) is 5.91 Å². The highest BCUT2D eigenvalue weighted by Gasteiger charge is 2.32. The van der Waals surface area contributed by atoms with Crippen molar-refractivity contribution in [1.29, 1.82) is 0 Å². The van der Waals surface area contributed by atoms with Gasteiger partial charge in [-0.05, 0) is 48.2 Å². The summed E-state index contributed by atoms with van der Waals surface area (Å²) < 4.78 is 0. The monoisotopic (exact) mass is 336 g/mol. The predicted octanol–water partition coefficient (Wildman–Crippen LogP) is 4.11. The molecule has 3 nitrogen and oxygen atoms in total. The van der Waals surface area contributed by atoms with Gasteiger partial charge in [-0.1, -0.05) is 55.7 Å². The van der Waals surface area contributed by atoms with Crippen molar-refractivity contribution >= 4 is 16.7 Å². The van der Waals surface area contributed by atoms with E-state index in [2.05, 4.69) is 52.7 Å². The van der Waals surface area contributed by atoms with E-state index in [0.29, 0.717) is 11.9 Å². The molecule has 1 saturated carbocycles. The van der Waals surface area contributed by atoms with Crippen molar-refractivity contribution in [2.75, 3.05) is 13.1 Å². The second-order valence-corrected chi connectivity index (χ2v) is 7.63. The first kappa shape index (κ1) is 16.6. The number of carbonyl (C=O) groups excluding carboxylic acids is 1. The fraction of sp³-hybridized carbons (Fsp3) is 0.500. The summed E-state index contributed by atoms with van der Waals surface area (Å²) in [5.74, 6) is 0.636. The summed E-state index contributed by atoms with van der Waals surface area (Å²) in [4.78, 5) is 15.4. The molecular weight excluding hydrogens is 308 g/mol. The Labute approximate surface area is 150 Å². The number of hydrogen-bond donors (Lipinski definition) is 1. The van der Waals surface area contributed by atoms with Crippen LogP contribution in [0.3, 0.4) is 0 Å². The zero-order valence-electron chi connectivity index (χ0n) is 14.9. The normalized spacial score (nSPS) is 21.5. The van der Waals surface area contributed by atoms with Crippen LogP contribution in [-0.2, 0) is 11.3 Å². The Morgan fingerprint density at radius 1 is 1.00 bits per heavy atom. The molecule has 0 unspecified atom stereocenters. The third kappa shape index (κ3) is 3.72. The van der Waals surface area contributed by atoms with Crippen molar-refractivity contribution in [3.8, 4) is 0 Å². The van der Waals surface area contributed by atoms with Gasteiger partial charge in [0.25, 0.3) is 0 Å². The van der Waals surface area contributed by atoms with E-state index in [1.165, 1.54) is 35.6 Å². The number of benzene rings is 2. The van der Waals surface area contributed by atoms with E-state index in [1.54, 1.807) is 0 Å². The molecule has 1 N–H and O–H groups in total. The summed E-state index contributed by atoms with van der Waals surface area (Å²) in [6, 6.07) is 15.4. The Hall–Kier alpha value is -1.87. The fourth-order valence-electron chi connectivity index (χ4n) is 4.41. The van der Waals surface area contributed by atoms with Gasteiger partial charge in [0.1, 0.15) is 0 Å². The van der Waals surface area contributed by atoms with E-state index in [4.69, 9.17) is 0 Å². The molecule has 0 radical (unpaired) electrons. The van der Waals surface area contributed by atoms with Crippen LogP contribution < -0.4 is 5.32 Å². The van der Waals surface area contributed by atoms with Gasteiger partial charge in [-0.15, -0.1) is 0 Å². The minimum absolute atomic E-state index is 0.245. The zero-order chi connectivity index (χ0) is 17.1.